The average molecular weight is 196 g/mol. The van der Waals surface area contributed by atoms with Crippen LogP contribution in [-0.2, 0) is 5.41 Å². The van der Waals surface area contributed by atoms with Crippen LogP contribution in [0.15, 0.2) is 18.2 Å². The SMILES string of the molecule is Cc1c(Cl)cccc1C1(C)CNC1. The molecule has 0 aromatic heterocycles. The Morgan fingerprint density at radius 3 is 2.62 bits per heavy atom. The van der Waals surface area contributed by atoms with Crippen molar-refractivity contribution in [1.82, 2.24) is 5.32 Å². The van der Waals surface area contributed by atoms with E-state index in [4.69, 9.17) is 11.6 Å². The molecule has 1 heterocycles. The van der Waals surface area contributed by atoms with Crippen molar-refractivity contribution in [3.63, 3.8) is 0 Å². The van der Waals surface area contributed by atoms with Gasteiger partial charge in [0.1, 0.15) is 0 Å². The Balaban J connectivity index is 2.45. The van der Waals surface area contributed by atoms with Crippen LogP contribution in [0.4, 0.5) is 0 Å². The molecule has 0 unspecified atom stereocenters. The molecule has 1 saturated heterocycles. The fourth-order valence-corrected chi connectivity index (χ4v) is 2.13. The van der Waals surface area contributed by atoms with Crippen LogP contribution in [-0.4, -0.2) is 13.1 Å². The van der Waals surface area contributed by atoms with Crippen molar-refractivity contribution in [2.24, 2.45) is 0 Å². The van der Waals surface area contributed by atoms with Crippen LogP contribution < -0.4 is 5.32 Å². The second-order valence-electron chi connectivity index (χ2n) is 4.08. The minimum Gasteiger partial charge on any atom is -0.315 e. The molecule has 0 bridgehead atoms. The average Bonchev–Trinajstić information content (AvgIpc) is 2.06. The molecule has 2 heteroatoms. The first kappa shape index (κ1) is 9.04. The van der Waals surface area contributed by atoms with Crippen molar-refractivity contribution < 1.29 is 0 Å². The van der Waals surface area contributed by atoms with Crippen LogP contribution >= 0.6 is 11.6 Å². The van der Waals surface area contributed by atoms with E-state index in [2.05, 4.69) is 25.2 Å². The molecule has 1 N–H and O–H groups in total. The summed E-state index contributed by atoms with van der Waals surface area (Å²) in [4.78, 5) is 0. The van der Waals surface area contributed by atoms with Gasteiger partial charge in [-0.05, 0) is 24.1 Å². The van der Waals surface area contributed by atoms with E-state index in [0.29, 0.717) is 5.41 Å². The maximum Gasteiger partial charge on any atom is 0.0438 e. The number of benzene rings is 1. The Morgan fingerprint density at radius 1 is 1.38 bits per heavy atom. The summed E-state index contributed by atoms with van der Waals surface area (Å²) in [7, 11) is 0. The molecular formula is C11H14ClN. The standard InChI is InChI=1S/C11H14ClN/c1-8-9(4-3-5-10(8)12)11(2)6-13-7-11/h3-5,13H,6-7H2,1-2H3. The van der Waals surface area contributed by atoms with E-state index in [1.807, 2.05) is 12.1 Å². The van der Waals surface area contributed by atoms with E-state index in [9.17, 15) is 0 Å². The fraction of sp³-hybridized carbons (Fsp3) is 0.455. The van der Waals surface area contributed by atoms with Crippen molar-refractivity contribution in [2.45, 2.75) is 19.3 Å². The Morgan fingerprint density at radius 2 is 2.08 bits per heavy atom. The largest absolute Gasteiger partial charge is 0.315 e. The van der Waals surface area contributed by atoms with Crippen molar-refractivity contribution in [1.29, 1.82) is 0 Å². The van der Waals surface area contributed by atoms with Gasteiger partial charge in [0.05, 0.1) is 0 Å². The van der Waals surface area contributed by atoms with Gasteiger partial charge in [0.15, 0.2) is 0 Å². The molecular weight excluding hydrogens is 182 g/mol. The lowest BCUT2D eigenvalue weighted by Crippen LogP contribution is -2.55. The van der Waals surface area contributed by atoms with Gasteiger partial charge in [0.2, 0.25) is 0 Å². The van der Waals surface area contributed by atoms with E-state index in [0.717, 1.165) is 18.1 Å². The smallest absolute Gasteiger partial charge is 0.0438 e. The van der Waals surface area contributed by atoms with Crippen molar-refractivity contribution >= 4 is 11.6 Å². The highest BCUT2D eigenvalue weighted by atomic mass is 35.5. The van der Waals surface area contributed by atoms with Crippen LogP contribution in [0.3, 0.4) is 0 Å². The summed E-state index contributed by atoms with van der Waals surface area (Å²) in [6, 6.07) is 6.17. The van der Waals surface area contributed by atoms with Crippen LogP contribution in [0.25, 0.3) is 0 Å². The first-order valence-corrected chi connectivity index (χ1v) is 4.98. The normalized spacial score (nSPS) is 19.6. The lowest BCUT2D eigenvalue weighted by atomic mass is 9.75. The molecule has 1 fully saturated rings. The zero-order valence-corrected chi connectivity index (χ0v) is 8.78. The molecule has 13 heavy (non-hydrogen) atoms. The molecule has 1 nitrogen and oxygen atoms in total. The fourth-order valence-electron chi connectivity index (χ4n) is 1.95. The summed E-state index contributed by atoms with van der Waals surface area (Å²) >= 11 is 6.08. The van der Waals surface area contributed by atoms with E-state index in [-0.39, 0.29) is 0 Å². The number of hydrogen-bond donors (Lipinski definition) is 1. The van der Waals surface area contributed by atoms with Crippen molar-refractivity contribution in [3.8, 4) is 0 Å². The Kier molecular flexibility index (Phi) is 2.09. The van der Waals surface area contributed by atoms with Gasteiger partial charge in [-0.3, -0.25) is 0 Å². The van der Waals surface area contributed by atoms with E-state index < -0.39 is 0 Å². The molecule has 0 radical (unpaired) electrons. The molecule has 1 aliphatic heterocycles. The zero-order valence-electron chi connectivity index (χ0n) is 8.02. The summed E-state index contributed by atoms with van der Waals surface area (Å²) in [5.74, 6) is 0. The number of nitrogens with one attached hydrogen (secondary N) is 1. The summed E-state index contributed by atoms with van der Waals surface area (Å²) in [5.41, 5.74) is 2.92. The van der Waals surface area contributed by atoms with Gasteiger partial charge in [-0.25, -0.2) is 0 Å². The van der Waals surface area contributed by atoms with Gasteiger partial charge in [-0.2, -0.15) is 0 Å². The summed E-state index contributed by atoms with van der Waals surface area (Å²) in [6.45, 7) is 6.51. The summed E-state index contributed by atoms with van der Waals surface area (Å²) < 4.78 is 0. The second-order valence-corrected chi connectivity index (χ2v) is 4.48. The van der Waals surface area contributed by atoms with Crippen molar-refractivity contribution in [3.05, 3.63) is 34.3 Å². The topological polar surface area (TPSA) is 12.0 Å². The van der Waals surface area contributed by atoms with Crippen LogP contribution in [0.2, 0.25) is 5.02 Å². The summed E-state index contributed by atoms with van der Waals surface area (Å²) in [5, 5.41) is 4.18. The van der Waals surface area contributed by atoms with Crippen LogP contribution in [0.5, 0.6) is 0 Å². The quantitative estimate of drug-likeness (QED) is 0.726. The predicted octanol–water partition coefficient (Wildman–Crippen LogP) is 2.51. The monoisotopic (exact) mass is 195 g/mol. The number of rotatable bonds is 1. The van der Waals surface area contributed by atoms with Crippen molar-refractivity contribution in [2.75, 3.05) is 13.1 Å². The highest BCUT2D eigenvalue weighted by molar-refractivity contribution is 6.31. The first-order chi connectivity index (χ1) is 6.13. The molecule has 1 aliphatic rings. The summed E-state index contributed by atoms with van der Waals surface area (Å²) in [6.07, 6.45) is 0. The van der Waals surface area contributed by atoms with E-state index in [1.54, 1.807) is 0 Å². The molecule has 0 atom stereocenters. The maximum atomic E-state index is 6.08. The van der Waals surface area contributed by atoms with Gasteiger partial charge in [-0.15, -0.1) is 0 Å². The Labute approximate surface area is 84.1 Å². The molecule has 0 spiro atoms. The molecule has 1 aromatic carbocycles. The maximum absolute atomic E-state index is 6.08. The van der Waals surface area contributed by atoms with Crippen LogP contribution in [0.1, 0.15) is 18.1 Å². The van der Waals surface area contributed by atoms with Gasteiger partial charge in [0, 0.05) is 23.5 Å². The lowest BCUT2D eigenvalue weighted by molar-refractivity contribution is 0.304. The van der Waals surface area contributed by atoms with Crippen LogP contribution in [0, 0.1) is 6.92 Å². The van der Waals surface area contributed by atoms with Gasteiger partial charge in [0.25, 0.3) is 0 Å². The second kappa shape index (κ2) is 3.00. The minimum atomic E-state index is 0.301. The molecule has 1 aromatic rings. The van der Waals surface area contributed by atoms with E-state index >= 15 is 0 Å². The minimum absolute atomic E-state index is 0.301. The highest BCUT2D eigenvalue weighted by Gasteiger charge is 2.34. The van der Waals surface area contributed by atoms with Gasteiger partial charge in [-0.1, -0.05) is 30.7 Å². The van der Waals surface area contributed by atoms with Gasteiger partial charge >= 0.3 is 0 Å². The third-order valence-corrected chi connectivity index (χ3v) is 3.36. The van der Waals surface area contributed by atoms with Gasteiger partial charge < -0.3 is 5.32 Å². The third-order valence-electron chi connectivity index (χ3n) is 2.95. The first-order valence-electron chi connectivity index (χ1n) is 4.60. The predicted molar refractivity (Wildman–Crippen MR) is 56.4 cm³/mol. The molecule has 0 amide bonds. The number of halogens is 1. The molecule has 0 aliphatic carbocycles. The molecule has 70 valence electrons. The Bertz CT molecular complexity index is 329. The van der Waals surface area contributed by atoms with E-state index in [1.165, 1.54) is 11.1 Å². The zero-order chi connectivity index (χ0) is 9.47. The Hall–Kier alpha value is -0.530. The lowest BCUT2D eigenvalue weighted by Gasteiger charge is -2.41. The third kappa shape index (κ3) is 1.36. The highest BCUT2D eigenvalue weighted by Crippen LogP contribution is 2.32. The molecule has 0 saturated carbocycles. The molecule has 2 rings (SSSR count). The number of hydrogen-bond acceptors (Lipinski definition) is 1.